The fraction of sp³-hybridized carbons (Fsp3) is 0.353. The number of aromatic amines is 1. The number of thioether (sulfide) groups is 2. The number of nitrogen functional groups attached to an aromatic ring is 1. The highest BCUT2D eigenvalue weighted by molar-refractivity contribution is 8.01. The number of amides is 2. The van der Waals surface area contributed by atoms with Crippen molar-refractivity contribution in [2.75, 3.05) is 24.3 Å². The molecule has 2 unspecified atom stereocenters. The van der Waals surface area contributed by atoms with Gasteiger partial charge in [-0.05, 0) is 5.57 Å². The summed E-state index contributed by atoms with van der Waals surface area (Å²) in [5.74, 6) is -2.49. The van der Waals surface area contributed by atoms with Gasteiger partial charge in [0, 0.05) is 30.1 Å². The first-order valence-corrected chi connectivity index (χ1v) is 12.6. The lowest BCUT2D eigenvalue weighted by Crippen LogP contribution is -2.71. The number of carboxylic acid groups (broad SMARTS) is 1. The molecule has 0 radical (unpaired) electrons. The van der Waals surface area contributed by atoms with Crippen molar-refractivity contribution in [1.29, 1.82) is 0 Å². The quantitative estimate of drug-likeness (QED) is 0.0891. The number of aryl methyl sites for hydroxylation is 1. The number of H-pyrrole nitrogens is 1. The van der Waals surface area contributed by atoms with Gasteiger partial charge in [-0.3, -0.25) is 33.9 Å². The van der Waals surface area contributed by atoms with Gasteiger partial charge in [-0.2, -0.15) is 14.3 Å². The van der Waals surface area contributed by atoms with Crippen LogP contribution in [0.25, 0.3) is 0 Å². The summed E-state index contributed by atoms with van der Waals surface area (Å²) < 4.78 is 5.16. The summed E-state index contributed by atoms with van der Waals surface area (Å²) >= 11 is 3.14. The fourth-order valence-corrected chi connectivity index (χ4v) is 6.19. The molecule has 2 aromatic rings. The van der Waals surface area contributed by atoms with Crippen LogP contribution in [0.5, 0.6) is 0 Å². The molecule has 2 atom stereocenters. The highest BCUT2D eigenvalue weighted by Gasteiger charge is 2.54. The number of aliphatic carboxylic acids is 1. The van der Waals surface area contributed by atoms with E-state index in [1.165, 1.54) is 30.6 Å². The lowest BCUT2D eigenvalue weighted by Gasteiger charge is -2.49. The number of hydrogen-bond acceptors (Lipinski definition) is 14. The molecule has 2 amide bonds. The summed E-state index contributed by atoms with van der Waals surface area (Å²) in [5, 5.41) is 17.9. The van der Waals surface area contributed by atoms with Crippen LogP contribution in [-0.2, 0) is 26.3 Å². The maximum Gasteiger partial charge on any atom is 0.352 e. The molecule has 0 saturated carbocycles. The Morgan fingerprint density at radius 3 is 2.75 bits per heavy atom. The maximum absolute atomic E-state index is 12.9. The smallest absolute Gasteiger partial charge is 0.352 e. The molecule has 36 heavy (non-hydrogen) atoms. The van der Waals surface area contributed by atoms with E-state index < -0.39 is 40.3 Å². The summed E-state index contributed by atoms with van der Waals surface area (Å²) in [6.45, 7) is 0. The molecule has 0 aromatic carbocycles. The molecular formula is C17H17N9O7S3. The number of nitrogens with one attached hydrogen (secondary N) is 2. The summed E-state index contributed by atoms with van der Waals surface area (Å²) in [4.78, 5) is 74.0. The van der Waals surface area contributed by atoms with E-state index in [4.69, 9.17) is 5.73 Å². The Kier molecular flexibility index (Phi) is 7.13. The number of hydrogen-bond donors (Lipinski definition) is 4. The lowest BCUT2D eigenvalue weighted by molar-refractivity contribution is -0.150. The molecule has 5 N–H and O–H groups in total. The number of aromatic nitrogens is 5. The third-order valence-corrected chi connectivity index (χ3v) is 7.91. The molecule has 4 rings (SSSR count). The first kappa shape index (κ1) is 25.4. The zero-order valence-electron chi connectivity index (χ0n) is 18.5. The van der Waals surface area contributed by atoms with Crippen molar-refractivity contribution in [3.63, 3.8) is 0 Å². The second-order valence-corrected chi connectivity index (χ2v) is 10.0. The topological polar surface area (TPSA) is 228 Å². The molecule has 2 aromatic heterocycles. The van der Waals surface area contributed by atoms with Crippen molar-refractivity contribution in [2.24, 2.45) is 12.2 Å². The molecular weight excluding hydrogens is 538 g/mol. The van der Waals surface area contributed by atoms with Gasteiger partial charge in [0.2, 0.25) is 11.5 Å². The molecule has 16 nitrogen and oxygen atoms in total. The SMILES string of the molecule is CO/N=C(/C(=O)NC1C(=O)N2C(C(=O)O)=C(CSc3nc(=O)c(=O)[nH]n3C)CSC12)c1nsc(N)n1. The first-order chi connectivity index (χ1) is 17.1. The van der Waals surface area contributed by atoms with E-state index in [0.717, 1.165) is 28.2 Å². The van der Waals surface area contributed by atoms with E-state index in [0.29, 0.717) is 5.57 Å². The van der Waals surface area contributed by atoms with Crippen LogP contribution in [0.2, 0.25) is 0 Å². The van der Waals surface area contributed by atoms with Crippen molar-refractivity contribution in [1.82, 2.24) is 34.3 Å². The number of fused-ring (bicyclic) bond motifs is 1. The number of carbonyl (C=O) groups is 3. The van der Waals surface area contributed by atoms with E-state index in [1.54, 1.807) is 0 Å². The summed E-state index contributed by atoms with van der Waals surface area (Å²) in [5.41, 5.74) is 3.62. The average Bonchev–Trinajstić information content (AvgIpc) is 3.27. The Labute approximate surface area is 213 Å². The summed E-state index contributed by atoms with van der Waals surface area (Å²) in [6.07, 6.45) is 0. The predicted octanol–water partition coefficient (Wildman–Crippen LogP) is -2.22. The minimum absolute atomic E-state index is 0.0764. The van der Waals surface area contributed by atoms with Crippen molar-refractivity contribution in [2.45, 2.75) is 16.6 Å². The van der Waals surface area contributed by atoms with Gasteiger partial charge in [0.1, 0.15) is 24.2 Å². The largest absolute Gasteiger partial charge is 0.477 e. The number of anilines is 1. The van der Waals surface area contributed by atoms with Crippen molar-refractivity contribution in [3.05, 3.63) is 37.8 Å². The van der Waals surface area contributed by atoms with E-state index in [2.05, 4.69) is 34.8 Å². The minimum Gasteiger partial charge on any atom is -0.477 e. The predicted molar refractivity (Wildman–Crippen MR) is 128 cm³/mol. The number of β-lactam (4-membered cyclic amide) rings is 1. The molecule has 0 aliphatic carbocycles. The molecule has 1 saturated heterocycles. The van der Waals surface area contributed by atoms with Gasteiger partial charge in [-0.25, -0.2) is 4.79 Å². The first-order valence-electron chi connectivity index (χ1n) is 9.84. The number of carboxylic acids is 1. The van der Waals surface area contributed by atoms with Crippen LogP contribution in [0.3, 0.4) is 0 Å². The zero-order valence-corrected chi connectivity index (χ0v) is 20.9. The summed E-state index contributed by atoms with van der Waals surface area (Å²) in [6, 6.07) is -1.02. The third kappa shape index (κ3) is 4.71. The number of oxime groups is 1. The van der Waals surface area contributed by atoms with Gasteiger partial charge < -0.3 is 21.0 Å². The highest BCUT2D eigenvalue weighted by Crippen LogP contribution is 2.41. The van der Waals surface area contributed by atoms with E-state index in [9.17, 15) is 29.1 Å². The standard InChI is InChI=1S/C17H17N9O7S3/c1-25-17(21-11(28)12(29)22-25)35-4-5-3-34-14-7(13(30)26(14)8(5)15(31)32)19-10(27)6(23-33-2)9-20-16(18)36-24-9/h7,14H,3-4H2,1-2H3,(H,19,27)(H,22,29)(H,31,32)(H2,18,20,24)/b23-6+. The normalized spacial score (nSPS) is 19.6. The number of rotatable bonds is 8. The molecule has 0 spiro atoms. The number of nitrogens with zero attached hydrogens (tertiary/aromatic N) is 6. The number of carbonyl (C=O) groups excluding carboxylic acids is 2. The zero-order chi connectivity index (χ0) is 26.1. The highest BCUT2D eigenvalue weighted by atomic mass is 32.2. The Bertz CT molecular complexity index is 1430. The van der Waals surface area contributed by atoms with Crippen molar-refractivity contribution < 1.29 is 24.3 Å². The van der Waals surface area contributed by atoms with Crippen molar-refractivity contribution >= 4 is 63.7 Å². The Balaban J connectivity index is 1.51. The second kappa shape index (κ2) is 10.1. The molecule has 2 aliphatic rings. The Hall–Kier alpha value is -3.71. The number of nitrogens with two attached hydrogens (primary N) is 1. The van der Waals surface area contributed by atoms with Crippen LogP contribution in [0.15, 0.2) is 31.2 Å². The second-order valence-electron chi connectivity index (χ2n) is 7.19. The average molecular weight is 556 g/mol. The molecule has 1 fully saturated rings. The van der Waals surface area contributed by atoms with Crippen LogP contribution >= 0.6 is 35.1 Å². The van der Waals surface area contributed by atoms with E-state index in [-0.39, 0.29) is 39.0 Å². The van der Waals surface area contributed by atoms with Gasteiger partial charge in [0.25, 0.3) is 11.8 Å². The van der Waals surface area contributed by atoms with Gasteiger partial charge in [-0.1, -0.05) is 16.9 Å². The summed E-state index contributed by atoms with van der Waals surface area (Å²) in [7, 11) is 2.71. The van der Waals surface area contributed by atoms with Crippen LogP contribution in [-0.4, -0.2) is 87.7 Å². The van der Waals surface area contributed by atoms with Crippen LogP contribution in [0.4, 0.5) is 5.13 Å². The van der Waals surface area contributed by atoms with Gasteiger partial charge in [0.05, 0.1) is 0 Å². The van der Waals surface area contributed by atoms with Gasteiger partial charge >= 0.3 is 17.1 Å². The molecule has 190 valence electrons. The fourth-order valence-electron chi connectivity index (χ4n) is 3.35. The molecule has 19 heteroatoms. The van der Waals surface area contributed by atoms with Crippen molar-refractivity contribution in [3.8, 4) is 0 Å². The Morgan fingerprint density at radius 2 is 2.11 bits per heavy atom. The van der Waals surface area contributed by atoms with Crippen LogP contribution in [0.1, 0.15) is 5.82 Å². The van der Waals surface area contributed by atoms with E-state index in [1.807, 2.05) is 0 Å². The maximum atomic E-state index is 12.9. The lowest BCUT2D eigenvalue weighted by atomic mass is 10.0. The third-order valence-electron chi connectivity index (χ3n) is 4.91. The molecule has 4 heterocycles. The molecule has 2 aliphatic heterocycles. The molecule has 0 bridgehead atoms. The van der Waals surface area contributed by atoms with Crippen LogP contribution < -0.4 is 22.2 Å². The van der Waals surface area contributed by atoms with Gasteiger partial charge in [-0.15, -0.1) is 11.8 Å². The van der Waals surface area contributed by atoms with Gasteiger partial charge in [0.15, 0.2) is 10.3 Å². The minimum atomic E-state index is -1.32. The monoisotopic (exact) mass is 555 g/mol. The van der Waals surface area contributed by atoms with E-state index >= 15 is 0 Å². The Morgan fingerprint density at radius 1 is 1.36 bits per heavy atom. The van der Waals surface area contributed by atoms with Crippen LogP contribution in [0, 0.1) is 0 Å².